The number of anilines is 1. The Morgan fingerprint density at radius 1 is 1.30 bits per heavy atom. The lowest BCUT2D eigenvalue weighted by Crippen LogP contribution is -2.59. The monoisotopic (exact) mass is 470 g/mol. The van der Waals surface area contributed by atoms with Crippen LogP contribution in [0.1, 0.15) is 45.5 Å². The SMILES string of the molecule is C[C@H]1[C@H](O)CN1c1nc(/C(C=N)=C/N[C@H]2CCN(C(=O)OC(C)(C)C)C2)cc(C(F)(F)F)n1. The molecule has 3 heterocycles. The first kappa shape index (κ1) is 24.7. The molecule has 0 saturated carbocycles. The Labute approximate surface area is 190 Å². The molecule has 2 fully saturated rings. The number of allylic oxidation sites excluding steroid dienone is 1. The average molecular weight is 470 g/mol. The number of amides is 1. The van der Waals surface area contributed by atoms with Gasteiger partial charge >= 0.3 is 12.3 Å². The van der Waals surface area contributed by atoms with E-state index in [1.807, 2.05) is 0 Å². The van der Waals surface area contributed by atoms with Gasteiger partial charge in [0.15, 0.2) is 5.69 Å². The Hall–Kier alpha value is -2.89. The Balaban J connectivity index is 1.77. The summed E-state index contributed by atoms with van der Waals surface area (Å²) in [6.45, 7) is 7.98. The number of rotatable bonds is 5. The second kappa shape index (κ2) is 9.16. The molecule has 3 N–H and O–H groups in total. The summed E-state index contributed by atoms with van der Waals surface area (Å²) in [4.78, 5) is 23.1. The van der Waals surface area contributed by atoms with Gasteiger partial charge in [0.1, 0.15) is 5.60 Å². The summed E-state index contributed by atoms with van der Waals surface area (Å²) in [5, 5.41) is 20.5. The number of carbonyl (C=O) groups excluding carboxylic acids is 1. The van der Waals surface area contributed by atoms with Crippen molar-refractivity contribution >= 4 is 23.8 Å². The van der Waals surface area contributed by atoms with E-state index >= 15 is 0 Å². The van der Waals surface area contributed by atoms with Gasteiger partial charge in [-0.15, -0.1) is 0 Å². The highest BCUT2D eigenvalue weighted by molar-refractivity contribution is 6.07. The summed E-state index contributed by atoms with van der Waals surface area (Å²) in [5.74, 6) is -0.151. The van der Waals surface area contributed by atoms with Gasteiger partial charge < -0.3 is 30.4 Å². The van der Waals surface area contributed by atoms with Crippen molar-refractivity contribution in [3.63, 3.8) is 0 Å². The molecule has 0 unspecified atom stereocenters. The van der Waals surface area contributed by atoms with E-state index in [2.05, 4.69) is 15.3 Å². The van der Waals surface area contributed by atoms with Gasteiger partial charge in [0.05, 0.1) is 17.8 Å². The van der Waals surface area contributed by atoms with Crippen LogP contribution >= 0.6 is 0 Å². The molecular formula is C21H29F3N6O3. The van der Waals surface area contributed by atoms with Crippen LogP contribution in [0.2, 0.25) is 0 Å². The Morgan fingerprint density at radius 2 is 2.00 bits per heavy atom. The average Bonchev–Trinajstić information content (AvgIpc) is 3.19. The van der Waals surface area contributed by atoms with Crippen LogP contribution < -0.4 is 10.2 Å². The number of hydrogen-bond donors (Lipinski definition) is 3. The minimum absolute atomic E-state index is 0.0644. The van der Waals surface area contributed by atoms with E-state index in [9.17, 15) is 23.1 Å². The van der Waals surface area contributed by atoms with E-state index in [0.29, 0.717) is 19.5 Å². The highest BCUT2D eigenvalue weighted by atomic mass is 19.4. The molecule has 0 spiro atoms. The van der Waals surface area contributed by atoms with Crippen molar-refractivity contribution in [1.29, 1.82) is 5.41 Å². The zero-order chi connectivity index (χ0) is 24.6. The Morgan fingerprint density at radius 3 is 2.55 bits per heavy atom. The third kappa shape index (κ3) is 5.92. The summed E-state index contributed by atoms with van der Waals surface area (Å²) in [6.07, 6.45) is -2.83. The zero-order valence-corrected chi connectivity index (χ0v) is 19.0. The summed E-state index contributed by atoms with van der Waals surface area (Å²) < 4.78 is 45.7. The molecular weight excluding hydrogens is 441 g/mol. The lowest BCUT2D eigenvalue weighted by atomic mass is 10.0. The lowest BCUT2D eigenvalue weighted by Gasteiger charge is -2.43. The normalized spacial score (nSPS) is 23.9. The van der Waals surface area contributed by atoms with Crippen molar-refractivity contribution in [2.45, 2.75) is 64.1 Å². The minimum Gasteiger partial charge on any atom is -0.444 e. The van der Waals surface area contributed by atoms with Crippen molar-refractivity contribution in [2.24, 2.45) is 0 Å². The maximum absolute atomic E-state index is 13.4. The van der Waals surface area contributed by atoms with Gasteiger partial charge in [-0.25, -0.2) is 14.8 Å². The van der Waals surface area contributed by atoms with Crippen LogP contribution in [0.15, 0.2) is 12.3 Å². The molecule has 1 aromatic heterocycles. The first-order chi connectivity index (χ1) is 15.3. The van der Waals surface area contributed by atoms with Crippen LogP contribution in [-0.2, 0) is 10.9 Å². The van der Waals surface area contributed by atoms with Crippen LogP contribution in [0.3, 0.4) is 0 Å². The molecule has 2 saturated heterocycles. The van der Waals surface area contributed by atoms with Crippen molar-refractivity contribution in [3.8, 4) is 0 Å². The fourth-order valence-electron chi connectivity index (χ4n) is 3.50. The standard InChI is InChI=1S/C21H29F3N6O3/c1-12-16(31)11-30(12)18-27-15(7-17(28-18)21(22,23)24)13(8-25)9-26-14-5-6-29(10-14)19(32)33-20(2,3)4/h7-9,12,14,16,25-26,31H,5-6,10-11H2,1-4H3/b13-9+,25-8?/t12-,14-,16+/m0/s1. The topological polar surface area (TPSA) is 115 Å². The molecule has 2 aliphatic heterocycles. The molecule has 0 aliphatic carbocycles. The molecule has 2 aliphatic rings. The Kier molecular flexibility index (Phi) is 6.87. The maximum atomic E-state index is 13.4. The zero-order valence-electron chi connectivity index (χ0n) is 19.0. The fourth-order valence-corrected chi connectivity index (χ4v) is 3.50. The number of likely N-dealkylation sites (tertiary alicyclic amines) is 1. The molecule has 1 aromatic rings. The van der Waals surface area contributed by atoms with Crippen LogP contribution in [0, 0.1) is 5.41 Å². The van der Waals surface area contributed by atoms with Crippen molar-refractivity contribution in [1.82, 2.24) is 20.2 Å². The van der Waals surface area contributed by atoms with Crippen LogP contribution in [0.5, 0.6) is 0 Å². The third-order valence-electron chi connectivity index (χ3n) is 5.46. The number of aliphatic hydroxyl groups is 1. The first-order valence-corrected chi connectivity index (χ1v) is 10.6. The van der Waals surface area contributed by atoms with E-state index in [4.69, 9.17) is 10.1 Å². The van der Waals surface area contributed by atoms with Crippen LogP contribution in [-0.4, -0.2) is 75.7 Å². The predicted molar refractivity (Wildman–Crippen MR) is 116 cm³/mol. The molecule has 1 amide bonds. The highest BCUT2D eigenvalue weighted by Gasteiger charge is 2.39. The van der Waals surface area contributed by atoms with Crippen molar-refractivity contribution in [2.75, 3.05) is 24.5 Å². The molecule has 12 heteroatoms. The molecule has 9 nitrogen and oxygen atoms in total. The largest absolute Gasteiger partial charge is 0.444 e. The number of aromatic nitrogens is 2. The van der Waals surface area contributed by atoms with Gasteiger partial charge in [0, 0.05) is 43.7 Å². The molecule has 0 aromatic carbocycles. The number of nitrogens with zero attached hydrogens (tertiary/aromatic N) is 4. The van der Waals surface area contributed by atoms with E-state index in [1.54, 1.807) is 32.6 Å². The number of alkyl halides is 3. The van der Waals surface area contributed by atoms with Crippen molar-refractivity contribution in [3.05, 3.63) is 23.7 Å². The molecule has 3 rings (SSSR count). The number of halogens is 3. The second-order valence-electron chi connectivity index (χ2n) is 9.22. The van der Waals surface area contributed by atoms with Gasteiger partial charge in [0.2, 0.25) is 5.95 Å². The summed E-state index contributed by atoms with van der Waals surface area (Å²) in [7, 11) is 0. The molecule has 33 heavy (non-hydrogen) atoms. The van der Waals surface area contributed by atoms with Gasteiger partial charge in [-0.2, -0.15) is 13.2 Å². The van der Waals surface area contributed by atoms with Gasteiger partial charge in [0.25, 0.3) is 0 Å². The van der Waals surface area contributed by atoms with Gasteiger partial charge in [-0.05, 0) is 40.2 Å². The number of nitrogens with one attached hydrogen (secondary N) is 2. The smallest absolute Gasteiger partial charge is 0.433 e. The number of carbonyl (C=O) groups is 1. The van der Waals surface area contributed by atoms with Gasteiger partial charge in [-0.3, -0.25) is 0 Å². The van der Waals surface area contributed by atoms with Crippen LogP contribution in [0.25, 0.3) is 5.57 Å². The summed E-state index contributed by atoms with van der Waals surface area (Å²) in [6, 6.07) is 0.232. The number of β-amino-alcohol motifs (C(OH)–C–C–N with tert-alkyl or cyclic N) is 1. The maximum Gasteiger partial charge on any atom is 0.433 e. The Bertz CT molecular complexity index is 931. The van der Waals surface area contributed by atoms with E-state index in [1.165, 1.54) is 11.1 Å². The van der Waals surface area contributed by atoms with E-state index < -0.39 is 35.7 Å². The van der Waals surface area contributed by atoms with Crippen molar-refractivity contribution < 1.29 is 27.8 Å². The molecule has 182 valence electrons. The lowest BCUT2D eigenvalue weighted by molar-refractivity contribution is -0.141. The molecule has 3 atom stereocenters. The van der Waals surface area contributed by atoms with Gasteiger partial charge in [-0.1, -0.05) is 0 Å². The fraction of sp³-hybridized carbons (Fsp3) is 0.619. The minimum atomic E-state index is -4.70. The highest BCUT2D eigenvalue weighted by Crippen LogP contribution is 2.32. The first-order valence-electron chi connectivity index (χ1n) is 10.6. The summed E-state index contributed by atoms with van der Waals surface area (Å²) >= 11 is 0. The predicted octanol–water partition coefficient (Wildman–Crippen LogP) is 2.65. The van der Waals surface area contributed by atoms with Crippen LogP contribution in [0.4, 0.5) is 23.9 Å². The summed E-state index contributed by atoms with van der Waals surface area (Å²) in [5.41, 5.74) is -1.67. The third-order valence-corrected chi connectivity index (χ3v) is 5.46. The quantitative estimate of drug-likeness (QED) is 0.567. The van der Waals surface area contributed by atoms with E-state index in [0.717, 1.165) is 12.3 Å². The molecule has 0 radical (unpaired) electrons. The number of hydrogen-bond acceptors (Lipinski definition) is 8. The van der Waals surface area contributed by atoms with E-state index in [-0.39, 0.29) is 29.8 Å². The number of aliphatic hydroxyl groups excluding tert-OH is 1. The number of ether oxygens (including phenoxy) is 1. The second-order valence-corrected chi connectivity index (χ2v) is 9.22. The molecule has 0 bridgehead atoms.